The van der Waals surface area contributed by atoms with Crippen LogP contribution >= 0.6 is 0 Å². The summed E-state index contributed by atoms with van der Waals surface area (Å²) in [5.41, 5.74) is -0.179. The largest absolute Gasteiger partial charge is 0.235 e. The second kappa shape index (κ2) is 15.7. The average molecular weight is 376 g/mol. The molecule has 0 aromatic rings. The molecule has 0 rings (SSSR count). The maximum Gasteiger partial charge on any atom is 0.235 e. The summed E-state index contributed by atoms with van der Waals surface area (Å²) in [6.45, 7) is 4.79. The molecule has 8 heteroatoms. The predicted molar refractivity (Wildman–Crippen MR) is 101 cm³/mol. The zero-order chi connectivity index (χ0) is 20.4. The van der Waals surface area contributed by atoms with Crippen LogP contribution < -0.4 is 0 Å². The normalized spacial score (nSPS) is 14.3. The molecule has 148 valence electrons. The van der Waals surface area contributed by atoms with E-state index in [0.29, 0.717) is 32.2 Å². The SMILES string of the molecule is CCCCC(CC)(CCC(N=C=O)C(CCCN=C=O)N=C=O)CN=C=O. The van der Waals surface area contributed by atoms with Gasteiger partial charge in [-0.15, -0.1) is 0 Å². The topological polar surface area (TPSA) is 118 Å². The third kappa shape index (κ3) is 10.3. The lowest BCUT2D eigenvalue weighted by molar-refractivity contribution is 0.216. The molecule has 8 nitrogen and oxygen atoms in total. The smallest absolute Gasteiger partial charge is 0.211 e. The summed E-state index contributed by atoms with van der Waals surface area (Å²) in [6.07, 6.45) is 12.1. The van der Waals surface area contributed by atoms with E-state index in [2.05, 4.69) is 26.9 Å². The highest BCUT2D eigenvalue weighted by Crippen LogP contribution is 2.36. The molecule has 0 saturated carbocycles. The van der Waals surface area contributed by atoms with Crippen LogP contribution in [0.4, 0.5) is 0 Å². The maximum atomic E-state index is 10.9. The van der Waals surface area contributed by atoms with Crippen molar-refractivity contribution in [2.75, 3.05) is 13.1 Å². The highest BCUT2D eigenvalue weighted by Gasteiger charge is 2.30. The summed E-state index contributed by atoms with van der Waals surface area (Å²) < 4.78 is 0. The zero-order valence-electron chi connectivity index (χ0n) is 16.1. The molecule has 0 heterocycles. The number of aliphatic imine (C=N–C) groups is 4. The van der Waals surface area contributed by atoms with Crippen molar-refractivity contribution < 1.29 is 19.2 Å². The van der Waals surface area contributed by atoms with Gasteiger partial charge < -0.3 is 0 Å². The van der Waals surface area contributed by atoms with E-state index < -0.39 is 12.1 Å². The summed E-state index contributed by atoms with van der Waals surface area (Å²) in [7, 11) is 0. The second-order valence-electron chi connectivity index (χ2n) is 6.59. The van der Waals surface area contributed by atoms with Crippen LogP contribution in [0.25, 0.3) is 0 Å². The van der Waals surface area contributed by atoms with Gasteiger partial charge in [0.1, 0.15) is 0 Å². The summed E-state index contributed by atoms with van der Waals surface area (Å²) in [5.74, 6) is 0. The van der Waals surface area contributed by atoms with Crippen LogP contribution in [-0.4, -0.2) is 49.5 Å². The van der Waals surface area contributed by atoms with E-state index >= 15 is 0 Å². The number of rotatable bonds is 16. The van der Waals surface area contributed by atoms with Crippen LogP contribution in [0.5, 0.6) is 0 Å². The monoisotopic (exact) mass is 376 g/mol. The van der Waals surface area contributed by atoms with Crippen LogP contribution in [-0.2, 0) is 19.2 Å². The number of hydrogen-bond donors (Lipinski definition) is 0. The molecule has 27 heavy (non-hydrogen) atoms. The first-order valence-electron chi connectivity index (χ1n) is 9.34. The van der Waals surface area contributed by atoms with Gasteiger partial charge in [-0.3, -0.25) is 0 Å². The van der Waals surface area contributed by atoms with E-state index in [4.69, 9.17) is 0 Å². The first-order chi connectivity index (χ1) is 13.1. The minimum Gasteiger partial charge on any atom is -0.211 e. The lowest BCUT2D eigenvalue weighted by atomic mass is 9.75. The predicted octanol–water partition coefficient (Wildman–Crippen LogP) is 3.21. The van der Waals surface area contributed by atoms with E-state index in [0.717, 1.165) is 25.7 Å². The van der Waals surface area contributed by atoms with Crippen molar-refractivity contribution >= 4 is 24.3 Å². The van der Waals surface area contributed by atoms with Gasteiger partial charge in [-0.1, -0.05) is 26.7 Å². The Hall–Kier alpha value is -2.48. The molecule has 0 N–H and O–H groups in total. The number of unbranched alkanes of at least 4 members (excludes halogenated alkanes) is 1. The van der Waals surface area contributed by atoms with Crippen LogP contribution in [0, 0.1) is 5.41 Å². The van der Waals surface area contributed by atoms with E-state index in [-0.39, 0.29) is 12.0 Å². The van der Waals surface area contributed by atoms with Gasteiger partial charge in [0.2, 0.25) is 24.3 Å². The Balaban J connectivity index is 5.27. The molecule has 0 saturated heterocycles. The first-order valence-corrected chi connectivity index (χ1v) is 9.34. The molecular weight excluding hydrogens is 348 g/mol. The number of carbonyl (C=O) groups excluding carboxylic acids is 4. The van der Waals surface area contributed by atoms with E-state index in [1.54, 1.807) is 12.2 Å². The van der Waals surface area contributed by atoms with E-state index in [9.17, 15) is 19.2 Å². The summed E-state index contributed by atoms with van der Waals surface area (Å²) in [6, 6.07) is -1.04. The van der Waals surface area contributed by atoms with E-state index in [1.807, 2.05) is 6.92 Å². The van der Waals surface area contributed by atoms with Crippen molar-refractivity contribution in [2.45, 2.75) is 77.3 Å². The van der Waals surface area contributed by atoms with Gasteiger partial charge in [-0.2, -0.15) is 0 Å². The molecule has 0 aliphatic heterocycles. The van der Waals surface area contributed by atoms with Crippen LogP contribution in [0.3, 0.4) is 0 Å². The number of nitrogens with zero attached hydrogens (tertiary/aromatic N) is 4. The fourth-order valence-electron chi connectivity index (χ4n) is 3.20. The van der Waals surface area contributed by atoms with Crippen molar-refractivity contribution in [3.8, 4) is 0 Å². The minimum absolute atomic E-state index is 0.179. The molecule has 3 unspecified atom stereocenters. The van der Waals surface area contributed by atoms with Crippen LogP contribution in [0.2, 0.25) is 0 Å². The average Bonchev–Trinajstić information content (AvgIpc) is 2.69. The second-order valence-corrected chi connectivity index (χ2v) is 6.59. The fourth-order valence-corrected chi connectivity index (χ4v) is 3.20. The van der Waals surface area contributed by atoms with Gasteiger partial charge in [-0.25, -0.2) is 39.1 Å². The molecule has 0 spiro atoms. The molecule has 0 fully saturated rings. The minimum atomic E-state index is -0.527. The van der Waals surface area contributed by atoms with Crippen molar-refractivity contribution in [2.24, 2.45) is 25.4 Å². The molecule has 0 aromatic heterocycles. The molecule has 0 aliphatic rings. The van der Waals surface area contributed by atoms with Crippen molar-refractivity contribution in [3.05, 3.63) is 0 Å². The Kier molecular flexibility index (Phi) is 14.3. The first kappa shape index (κ1) is 24.5. The van der Waals surface area contributed by atoms with Gasteiger partial charge in [0.15, 0.2) is 0 Å². The Labute approximate surface area is 160 Å². The third-order valence-corrected chi connectivity index (χ3v) is 4.98. The maximum absolute atomic E-state index is 10.9. The van der Waals surface area contributed by atoms with Crippen molar-refractivity contribution in [1.29, 1.82) is 0 Å². The van der Waals surface area contributed by atoms with Gasteiger partial charge >= 0.3 is 0 Å². The van der Waals surface area contributed by atoms with Crippen LogP contribution in [0.1, 0.15) is 65.2 Å². The number of isocyanates is 4. The molecule has 0 amide bonds. The van der Waals surface area contributed by atoms with Gasteiger partial charge in [0.25, 0.3) is 0 Å². The van der Waals surface area contributed by atoms with Crippen LogP contribution in [0.15, 0.2) is 20.0 Å². The Morgan fingerprint density at radius 3 is 1.93 bits per heavy atom. The van der Waals surface area contributed by atoms with Gasteiger partial charge in [-0.05, 0) is 43.9 Å². The lowest BCUT2D eigenvalue weighted by Gasteiger charge is -2.32. The standard InChI is InChI=1S/C19H28N4O4/c1-3-5-9-19(4-2,12-21-14-25)10-8-18(23-16-27)17(22-15-26)7-6-11-20-13-24/h17-18H,3-12H2,1-2H3. The quantitative estimate of drug-likeness (QED) is 0.233. The molecule has 3 atom stereocenters. The summed E-state index contributed by atoms with van der Waals surface area (Å²) in [5, 5.41) is 0. The Bertz CT molecular complexity index is 613. The zero-order valence-corrected chi connectivity index (χ0v) is 16.1. The number of hydrogen-bond acceptors (Lipinski definition) is 8. The Morgan fingerprint density at radius 2 is 1.41 bits per heavy atom. The van der Waals surface area contributed by atoms with Crippen molar-refractivity contribution in [1.82, 2.24) is 0 Å². The lowest BCUT2D eigenvalue weighted by Crippen LogP contribution is -2.29. The highest BCUT2D eigenvalue weighted by atomic mass is 16.1. The summed E-state index contributed by atoms with van der Waals surface area (Å²) in [4.78, 5) is 57.3. The molecule has 0 aromatic carbocycles. The molecule has 0 radical (unpaired) electrons. The summed E-state index contributed by atoms with van der Waals surface area (Å²) >= 11 is 0. The highest BCUT2D eigenvalue weighted by molar-refractivity contribution is 5.36. The molecule has 0 aliphatic carbocycles. The van der Waals surface area contributed by atoms with E-state index in [1.165, 1.54) is 12.2 Å². The fraction of sp³-hybridized carbons (Fsp3) is 0.789. The van der Waals surface area contributed by atoms with Gasteiger partial charge in [0.05, 0.1) is 25.2 Å². The Morgan fingerprint density at radius 1 is 0.778 bits per heavy atom. The molecule has 0 bridgehead atoms. The van der Waals surface area contributed by atoms with Crippen molar-refractivity contribution in [3.63, 3.8) is 0 Å². The third-order valence-electron chi connectivity index (χ3n) is 4.98. The van der Waals surface area contributed by atoms with Gasteiger partial charge in [0, 0.05) is 0 Å². The molecular formula is C19H28N4O4.